The van der Waals surface area contributed by atoms with Gasteiger partial charge in [-0.3, -0.25) is 9.59 Å². The molecule has 1 aliphatic heterocycles. The summed E-state index contributed by atoms with van der Waals surface area (Å²) in [7, 11) is 0. The first-order valence-corrected chi connectivity index (χ1v) is 7.63. The fourth-order valence-corrected chi connectivity index (χ4v) is 2.94. The number of nitrogens with two attached hydrogens (primary N) is 1. The van der Waals surface area contributed by atoms with E-state index in [1.54, 1.807) is 27.5 Å². The Kier molecular flexibility index (Phi) is 4.29. The number of carbonyl (C=O) groups is 2. The predicted molar refractivity (Wildman–Crippen MR) is 82.1 cm³/mol. The Morgan fingerprint density at radius 3 is 3.00 bits per heavy atom. The molecule has 3 rings (SSSR count). The van der Waals surface area contributed by atoms with E-state index in [4.69, 9.17) is 11.0 Å². The summed E-state index contributed by atoms with van der Waals surface area (Å²) in [6, 6.07) is 4.73. The van der Waals surface area contributed by atoms with Gasteiger partial charge in [-0.1, -0.05) is 0 Å². The number of primary amides is 1. The van der Waals surface area contributed by atoms with Gasteiger partial charge >= 0.3 is 0 Å². The molecule has 0 aliphatic carbocycles. The van der Waals surface area contributed by atoms with Crippen molar-refractivity contribution in [1.82, 2.24) is 24.2 Å². The largest absolute Gasteiger partial charge is 0.367 e. The highest BCUT2D eigenvalue weighted by atomic mass is 16.2. The van der Waals surface area contributed by atoms with E-state index < -0.39 is 11.9 Å². The van der Waals surface area contributed by atoms with E-state index in [0.29, 0.717) is 37.6 Å². The van der Waals surface area contributed by atoms with Gasteiger partial charge in [0.1, 0.15) is 18.1 Å². The van der Waals surface area contributed by atoms with Crippen molar-refractivity contribution in [1.29, 1.82) is 5.26 Å². The van der Waals surface area contributed by atoms with Crippen LogP contribution in [0.15, 0.2) is 24.7 Å². The third kappa shape index (κ3) is 2.86. The van der Waals surface area contributed by atoms with Gasteiger partial charge in [-0.2, -0.15) is 5.26 Å². The molecule has 0 fully saturated rings. The van der Waals surface area contributed by atoms with Crippen LogP contribution in [0, 0.1) is 11.3 Å². The van der Waals surface area contributed by atoms with Gasteiger partial charge in [-0.25, -0.2) is 0 Å². The zero-order valence-corrected chi connectivity index (χ0v) is 13.0. The maximum absolute atomic E-state index is 12.5. The van der Waals surface area contributed by atoms with Crippen LogP contribution in [-0.2, 0) is 22.7 Å². The lowest BCUT2D eigenvalue weighted by atomic mass is 10.1. The van der Waals surface area contributed by atoms with Crippen molar-refractivity contribution in [2.75, 3.05) is 6.54 Å². The number of fused-ring (bicyclic) bond motifs is 1. The molecule has 0 saturated carbocycles. The zero-order chi connectivity index (χ0) is 17.1. The molecule has 9 heteroatoms. The van der Waals surface area contributed by atoms with Crippen LogP contribution in [0.2, 0.25) is 0 Å². The van der Waals surface area contributed by atoms with Gasteiger partial charge < -0.3 is 19.8 Å². The molecule has 0 spiro atoms. The first kappa shape index (κ1) is 15.7. The van der Waals surface area contributed by atoms with Crippen LogP contribution >= 0.6 is 0 Å². The molecule has 24 heavy (non-hydrogen) atoms. The van der Waals surface area contributed by atoms with Crippen LogP contribution in [-0.4, -0.2) is 42.6 Å². The summed E-state index contributed by atoms with van der Waals surface area (Å²) in [6.45, 7) is 1.49. The Labute approximate surface area is 138 Å². The number of hydrogen-bond donors (Lipinski definition) is 1. The van der Waals surface area contributed by atoms with Crippen LogP contribution in [0.25, 0.3) is 0 Å². The number of hydrogen-bond acceptors (Lipinski definition) is 5. The fraction of sp³-hybridized carbons (Fsp3) is 0.400. The molecule has 2 amide bonds. The summed E-state index contributed by atoms with van der Waals surface area (Å²) < 4.78 is 3.53. The SMILES string of the molecule is N#Cc1cccn1CCCC(=O)N1CCn2cnnc2C1C(N)=O. The van der Waals surface area contributed by atoms with E-state index in [9.17, 15) is 9.59 Å². The van der Waals surface area contributed by atoms with Gasteiger partial charge in [0, 0.05) is 32.3 Å². The second-order valence-corrected chi connectivity index (χ2v) is 5.58. The number of amides is 2. The van der Waals surface area contributed by atoms with Crippen LogP contribution in [0.4, 0.5) is 0 Å². The van der Waals surface area contributed by atoms with Crippen molar-refractivity contribution in [2.45, 2.75) is 32.0 Å². The minimum atomic E-state index is -0.880. The summed E-state index contributed by atoms with van der Waals surface area (Å²) in [5, 5.41) is 16.7. The topological polar surface area (TPSA) is 123 Å². The molecule has 2 N–H and O–H groups in total. The van der Waals surface area contributed by atoms with Gasteiger partial charge in [-0.05, 0) is 18.6 Å². The van der Waals surface area contributed by atoms with Crippen molar-refractivity contribution in [3.8, 4) is 6.07 Å². The van der Waals surface area contributed by atoms with E-state index in [1.807, 2.05) is 0 Å². The van der Waals surface area contributed by atoms with E-state index in [-0.39, 0.29) is 12.3 Å². The lowest BCUT2D eigenvalue weighted by molar-refractivity contribution is -0.141. The van der Waals surface area contributed by atoms with Crippen LogP contribution < -0.4 is 5.73 Å². The van der Waals surface area contributed by atoms with Crippen molar-refractivity contribution < 1.29 is 9.59 Å². The molecule has 0 saturated heterocycles. The summed E-state index contributed by atoms with van der Waals surface area (Å²) in [6.07, 6.45) is 4.17. The Hall–Kier alpha value is -3.15. The van der Waals surface area contributed by atoms with E-state index >= 15 is 0 Å². The number of nitriles is 1. The lowest BCUT2D eigenvalue weighted by Gasteiger charge is -2.33. The first-order chi connectivity index (χ1) is 11.6. The molecule has 2 aromatic heterocycles. The quantitative estimate of drug-likeness (QED) is 0.814. The molecule has 0 aromatic carbocycles. The molecule has 2 aromatic rings. The molecule has 9 nitrogen and oxygen atoms in total. The molecule has 124 valence electrons. The van der Waals surface area contributed by atoms with E-state index in [1.165, 1.54) is 11.2 Å². The summed E-state index contributed by atoms with van der Waals surface area (Å²) in [5.41, 5.74) is 6.02. The highest BCUT2D eigenvalue weighted by molar-refractivity contribution is 5.87. The zero-order valence-electron chi connectivity index (χ0n) is 13.0. The molecule has 1 unspecified atom stereocenters. The molecular formula is C15H17N7O2. The summed E-state index contributed by atoms with van der Waals surface area (Å²) in [5.74, 6) is -0.368. The van der Waals surface area contributed by atoms with Gasteiger partial charge in [-0.15, -0.1) is 10.2 Å². The molecule has 3 heterocycles. The minimum absolute atomic E-state index is 0.154. The van der Waals surface area contributed by atoms with Gasteiger partial charge in [0.2, 0.25) is 11.8 Å². The average Bonchev–Trinajstić information content (AvgIpc) is 3.21. The van der Waals surface area contributed by atoms with Crippen LogP contribution in [0.1, 0.15) is 30.4 Å². The minimum Gasteiger partial charge on any atom is -0.367 e. The molecule has 0 radical (unpaired) electrons. The van der Waals surface area contributed by atoms with Gasteiger partial charge in [0.25, 0.3) is 0 Å². The maximum atomic E-state index is 12.5. The normalized spacial score (nSPS) is 16.5. The third-order valence-electron chi connectivity index (χ3n) is 4.11. The average molecular weight is 327 g/mol. The number of aryl methyl sites for hydroxylation is 1. The smallest absolute Gasteiger partial charge is 0.248 e. The lowest BCUT2D eigenvalue weighted by Crippen LogP contribution is -2.47. The standard InChI is InChI=1S/C15H17N7O2/c16-9-11-3-1-5-20(11)6-2-4-12(23)22-8-7-21-10-18-19-15(21)13(22)14(17)24/h1,3,5,10,13H,2,4,6-8H2,(H2,17,24). The predicted octanol–water partition coefficient (Wildman–Crippen LogP) is -0.200. The number of nitrogens with zero attached hydrogens (tertiary/aromatic N) is 6. The molecule has 1 atom stereocenters. The second-order valence-electron chi connectivity index (χ2n) is 5.58. The van der Waals surface area contributed by atoms with Crippen LogP contribution in [0.3, 0.4) is 0 Å². The first-order valence-electron chi connectivity index (χ1n) is 7.63. The second kappa shape index (κ2) is 6.54. The van der Waals surface area contributed by atoms with E-state index in [0.717, 1.165) is 0 Å². The highest BCUT2D eigenvalue weighted by Gasteiger charge is 2.36. The number of aromatic nitrogens is 4. The van der Waals surface area contributed by atoms with Crippen molar-refractivity contribution >= 4 is 11.8 Å². The Morgan fingerprint density at radius 2 is 2.25 bits per heavy atom. The Balaban J connectivity index is 1.64. The summed E-state index contributed by atoms with van der Waals surface area (Å²) in [4.78, 5) is 25.8. The highest BCUT2D eigenvalue weighted by Crippen LogP contribution is 2.24. The summed E-state index contributed by atoms with van der Waals surface area (Å²) >= 11 is 0. The molecule has 0 bridgehead atoms. The molecule has 1 aliphatic rings. The van der Waals surface area contributed by atoms with Crippen molar-refractivity contribution in [3.05, 3.63) is 36.2 Å². The van der Waals surface area contributed by atoms with Crippen LogP contribution in [0.5, 0.6) is 0 Å². The monoisotopic (exact) mass is 327 g/mol. The van der Waals surface area contributed by atoms with E-state index in [2.05, 4.69) is 16.3 Å². The number of carbonyl (C=O) groups excluding carboxylic acids is 2. The van der Waals surface area contributed by atoms with Gasteiger partial charge in [0.05, 0.1) is 0 Å². The fourth-order valence-electron chi connectivity index (χ4n) is 2.94. The third-order valence-corrected chi connectivity index (χ3v) is 4.11. The number of rotatable bonds is 5. The Bertz CT molecular complexity index is 801. The Morgan fingerprint density at radius 1 is 1.42 bits per heavy atom. The maximum Gasteiger partial charge on any atom is 0.248 e. The van der Waals surface area contributed by atoms with Crippen molar-refractivity contribution in [3.63, 3.8) is 0 Å². The molecular weight excluding hydrogens is 310 g/mol. The van der Waals surface area contributed by atoms with Crippen molar-refractivity contribution in [2.24, 2.45) is 5.73 Å². The van der Waals surface area contributed by atoms with Gasteiger partial charge in [0.15, 0.2) is 11.9 Å².